The van der Waals surface area contributed by atoms with E-state index in [1.807, 2.05) is 0 Å². The van der Waals surface area contributed by atoms with Crippen molar-refractivity contribution in [2.24, 2.45) is 10.2 Å². The first-order valence-corrected chi connectivity index (χ1v) is 13.0. The molecule has 4 aromatic carbocycles. The third kappa shape index (κ3) is 4.95. The Balaban J connectivity index is 1.54. The van der Waals surface area contributed by atoms with Crippen LogP contribution in [0.25, 0.3) is 21.8 Å². The van der Waals surface area contributed by atoms with Crippen LogP contribution in [0.5, 0.6) is 11.5 Å². The first-order valence-electron chi connectivity index (χ1n) is 11.5. The molecule has 13 heteroatoms. The Morgan fingerprint density at radius 1 is 0.974 bits per heavy atom. The number of ether oxygens (including phenoxy) is 1. The van der Waals surface area contributed by atoms with Gasteiger partial charge in [-0.2, -0.15) is 0 Å². The second kappa shape index (κ2) is 10.0. The van der Waals surface area contributed by atoms with Gasteiger partial charge in [0.1, 0.15) is 17.1 Å². The number of aromatic amines is 2. The highest BCUT2D eigenvalue weighted by Crippen LogP contribution is 2.40. The first kappa shape index (κ1) is 25.6. The maximum Gasteiger partial charge on any atom is 0.323 e. The van der Waals surface area contributed by atoms with Crippen molar-refractivity contribution in [1.82, 2.24) is 14.7 Å². The van der Waals surface area contributed by atoms with Gasteiger partial charge in [-0.05, 0) is 48.8 Å². The average molecular weight is 547 g/mol. The number of carbonyl (C=O) groups excluding carboxylic acids is 1. The molecule has 12 nitrogen and oxygen atoms in total. The van der Waals surface area contributed by atoms with Crippen molar-refractivity contribution >= 4 is 54.8 Å². The lowest BCUT2D eigenvalue weighted by molar-refractivity contribution is 0.102. The summed E-state index contributed by atoms with van der Waals surface area (Å²) in [6.45, 7) is 0. The summed E-state index contributed by atoms with van der Waals surface area (Å²) in [6, 6.07) is 17.5. The molecule has 0 saturated heterocycles. The number of nitrogens with one attached hydrogen (secondary N) is 4. The lowest BCUT2D eigenvalue weighted by atomic mass is 10.0. The number of hydrogen-bond acceptors (Lipinski definition) is 8. The van der Waals surface area contributed by atoms with Crippen LogP contribution in [0.2, 0.25) is 0 Å². The van der Waals surface area contributed by atoms with E-state index in [0.717, 1.165) is 0 Å². The van der Waals surface area contributed by atoms with Crippen molar-refractivity contribution < 1.29 is 23.1 Å². The summed E-state index contributed by atoms with van der Waals surface area (Å²) in [7, 11) is -1.05. The number of anilines is 1. The van der Waals surface area contributed by atoms with Crippen molar-refractivity contribution in [2.75, 3.05) is 19.5 Å². The number of H-pyrrole nitrogens is 2. The number of aromatic nitrogens is 2. The summed E-state index contributed by atoms with van der Waals surface area (Å²) in [5, 5.41) is 23.4. The molecule has 1 aromatic heterocycles. The normalized spacial score (nSPS) is 11.8. The first-order chi connectivity index (χ1) is 18.7. The van der Waals surface area contributed by atoms with Gasteiger partial charge in [0.05, 0.1) is 28.6 Å². The second-order valence-corrected chi connectivity index (χ2v) is 10.3. The van der Waals surface area contributed by atoms with E-state index in [-0.39, 0.29) is 33.3 Å². The molecule has 0 aliphatic heterocycles. The zero-order valence-corrected chi connectivity index (χ0v) is 21.5. The van der Waals surface area contributed by atoms with E-state index < -0.39 is 21.7 Å². The van der Waals surface area contributed by atoms with Crippen LogP contribution in [-0.2, 0) is 10.0 Å². The molecule has 0 atom stereocenters. The topological polar surface area (TPSA) is 178 Å². The molecule has 0 spiro atoms. The van der Waals surface area contributed by atoms with E-state index >= 15 is 0 Å². The Hall–Kier alpha value is -5.01. The largest absolute Gasteiger partial charge is 0.505 e. The van der Waals surface area contributed by atoms with Crippen molar-refractivity contribution in [2.45, 2.75) is 4.90 Å². The maximum atomic E-state index is 13.2. The van der Waals surface area contributed by atoms with Crippen molar-refractivity contribution in [3.8, 4) is 11.5 Å². The summed E-state index contributed by atoms with van der Waals surface area (Å²) in [4.78, 5) is 30.0. The molecule has 5 N–H and O–H groups in total. The number of phenols is 1. The number of amides is 1. The minimum Gasteiger partial charge on any atom is -0.505 e. The summed E-state index contributed by atoms with van der Waals surface area (Å²) in [5.41, 5.74) is 1.33. The number of benzene rings is 4. The third-order valence-corrected chi connectivity index (χ3v) is 7.41. The van der Waals surface area contributed by atoms with Gasteiger partial charge in [-0.3, -0.25) is 4.79 Å². The van der Waals surface area contributed by atoms with Gasteiger partial charge in [0.25, 0.3) is 5.91 Å². The van der Waals surface area contributed by atoms with E-state index in [0.29, 0.717) is 27.5 Å². The number of sulfonamides is 1. The molecule has 0 aliphatic rings. The quantitative estimate of drug-likeness (QED) is 0.190. The van der Waals surface area contributed by atoms with Crippen LogP contribution in [-0.4, -0.2) is 43.6 Å². The lowest BCUT2D eigenvalue weighted by Crippen LogP contribution is -2.18. The van der Waals surface area contributed by atoms with Crippen LogP contribution in [0, 0.1) is 0 Å². The maximum absolute atomic E-state index is 13.2. The highest BCUT2D eigenvalue weighted by Gasteiger charge is 2.20. The standard InChI is InChI=1S/C26H22N6O6S/c1-27-39(36,37)16-8-10-20(22(13-16)38-2)31-32-23-17-6-4-3-5-14(17)11-18(24(23)33)25(34)28-15-7-9-19-21(12-15)30-26(35)29-19/h3-13,27,33H,1-2H3,(H,28,34)(H2,29,30,35)/b32-31+. The highest BCUT2D eigenvalue weighted by atomic mass is 32.2. The van der Waals surface area contributed by atoms with Crippen LogP contribution in [0.15, 0.2) is 86.6 Å². The molecule has 0 aliphatic carbocycles. The van der Waals surface area contributed by atoms with Crippen molar-refractivity contribution in [3.63, 3.8) is 0 Å². The number of azo groups is 1. The number of rotatable bonds is 7. The number of imidazole rings is 1. The van der Waals surface area contributed by atoms with Gasteiger partial charge in [0.15, 0.2) is 5.75 Å². The molecule has 198 valence electrons. The molecule has 5 aromatic rings. The summed E-state index contributed by atoms with van der Waals surface area (Å²) >= 11 is 0. The minimum absolute atomic E-state index is 0.0188. The number of hydrogen-bond donors (Lipinski definition) is 5. The van der Waals surface area contributed by atoms with Gasteiger partial charge in [-0.25, -0.2) is 17.9 Å². The fraction of sp³-hybridized carbons (Fsp3) is 0.0769. The van der Waals surface area contributed by atoms with Crippen LogP contribution < -0.4 is 20.5 Å². The fourth-order valence-corrected chi connectivity index (χ4v) is 4.78. The van der Waals surface area contributed by atoms with E-state index in [2.05, 4.69) is 30.2 Å². The molecule has 1 amide bonds. The number of aromatic hydroxyl groups is 1. The Morgan fingerprint density at radius 2 is 1.74 bits per heavy atom. The lowest BCUT2D eigenvalue weighted by Gasteiger charge is -2.12. The molecule has 0 bridgehead atoms. The number of nitrogens with zero attached hydrogens (tertiary/aromatic N) is 2. The smallest absolute Gasteiger partial charge is 0.323 e. The second-order valence-electron chi connectivity index (χ2n) is 8.38. The molecular formula is C26H22N6O6S. The Bertz CT molecular complexity index is 1940. The number of phenolic OH excluding ortho intramolecular Hbond substituents is 1. The molecule has 5 rings (SSSR count). The van der Waals surface area contributed by atoms with Crippen LogP contribution in [0.4, 0.5) is 17.1 Å². The van der Waals surface area contributed by atoms with Crippen LogP contribution >= 0.6 is 0 Å². The minimum atomic E-state index is -3.71. The van der Waals surface area contributed by atoms with E-state index in [1.54, 1.807) is 42.5 Å². The molecule has 0 unspecified atom stereocenters. The molecule has 1 heterocycles. The number of carbonyl (C=O) groups is 1. The molecule has 0 saturated carbocycles. The van der Waals surface area contributed by atoms with Gasteiger partial charge < -0.3 is 25.1 Å². The summed E-state index contributed by atoms with van der Waals surface area (Å²) in [5.74, 6) is -0.864. The van der Waals surface area contributed by atoms with Gasteiger partial charge in [-0.15, -0.1) is 10.2 Å². The summed E-state index contributed by atoms with van der Waals surface area (Å²) < 4.78 is 31.8. The predicted octanol–water partition coefficient (Wildman–Crippen LogP) is 4.30. The van der Waals surface area contributed by atoms with Crippen molar-refractivity contribution in [3.05, 3.63) is 82.8 Å². The summed E-state index contributed by atoms with van der Waals surface area (Å²) in [6.07, 6.45) is 0. The van der Waals surface area contributed by atoms with Crippen molar-refractivity contribution in [1.29, 1.82) is 0 Å². The Kier molecular flexibility index (Phi) is 6.60. The predicted molar refractivity (Wildman–Crippen MR) is 146 cm³/mol. The average Bonchev–Trinajstić information content (AvgIpc) is 3.31. The van der Waals surface area contributed by atoms with Gasteiger partial charge in [-0.1, -0.05) is 24.3 Å². The molecule has 0 radical (unpaired) electrons. The SMILES string of the molecule is CNS(=O)(=O)c1ccc(/N=N/c2c(O)c(C(=O)Nc3ccc4[nH]c(=O)[nH]c4c3)cc3ccccc23)c(OC)c1. The molecule has 39 heavy (non-hydrogen) atoms. The monoisotopic (exact) mass is 546 g/mol. The molecular weight excluding hydrogens is 524 g/mol. The van der Waals surface area contributed by atoms with Crippen LogP contribution in [0.3, 0.4) is 0 Å². The van der Waals surface area contributed by atoms with E-state index in [4.69, 9.17) is 4.74 Å². The zero-order valence-electron chi connectivity index (χ0n) is 20.6. The highest BCUT2D eigenvalue weighted by molar-refractivity contribution is 7.89. The molecule has 0 fully saturated rings. The Labute approximate surface area is 221 Å². The fourth-order valence-electron chi connectivity index (χ4n) is 4.03. The van der Waals surface area contributed by atoms with Gasteiger partial charge in [0, 0.05) is 17.1 Å². The Morgan fingerprint density at radius 3 is 2.51 bits per heavy atom. The number of fused-ring (bicyclic) bond motifs is 2. The zero-order chi connectivity index (χ0) is 27.7. The van der Waals surface area contributed by atoms with Crippen LogP contribution in [0.1, 0.15) is 10.4 Å². The van der Waals surface area contributed by atoms with Gasteiger partial charge in [0.2, 0.25) is 10.0 Å². The van der Waals surface area contributed by atoms with E-state index in [1.165, 1.54) is 38.4 Å². The third-order valence-electron chi connectivity index (χ3n) is 6.00. The number of methoxy groups -OCH3 is 1. The van der Waals surface area contributed by atoms with Gasteiger partial charge >= 0.3 is 5.69 Å². The van der Waals surface area contributed by atoms with E-state index in [9.17, 15) is 23.1 Å².